The van der Waals surface area contributed by atoms with Crippen LogP contribution in [0.25, 0.3) is 10.9 Å². The van der Waals surface area contributed by atoms with Gasteiger partial charge in [-0.2, -0.15) is 0 Å². The van der Waals surface area contributed by atoms with Crippen LogP contribution >= 0.6 is 23.2 Å². The molecule has 27 heavy (non-hydrogen) atoms. The van der Waals surface area contributed by atoms with Crippen molar-refractivity contribution in [2.75, 3.05) is 18.0 Å². The van der Waals surface area contributed by atoms with Crippen LogP contribution in [0.5, 0.6) is 0 Å². The first-order valence-corrected chi connectivity index (χ1v) is 9.58. The lowest BCUT2D eigenvalue weighted by atomic mass is 10.0. The van der Waals surface area contributed by atoms with Gasteiger partial charge < -0.3 is 10.2 Å². The molecule has 1 aliphatic rings. The van der Waals surface area contributed by atoms with Gasteiger partial charge in [0.1, 0.15) is 5.82 Å². The largest absolute Gasteiger partial charge is 0.356 e. The van der Waals surface area contributed by atoms with Crippen molar-refractivity contribution in [1.82, 2.24) is 15.3 Å². The number of piperidine rings is 1. The Hall–Kier alpha value is -2.37. The van der Waals surface area contributed by atoms with E-state index in [1.54, 1.807) is 30.6 Å². The number of fused-ring (bicyclic) bond motifs is 1. The molecule has 4 rings (SSSR count). The summed E-state index contributed by atoms with van der Waals surface area (Å²) in [4.78, 5) is 23.2. The number of aromatic nitrogens is 2. The van der Waals surface area contributed by atoms with Crippen LogP contribution in [0.1, 0.15) is 23.2 Å². The number of carbonyl (C=O) groups excluding carboxylic acids is 1. The molecule has 0 unspecified atom stereocenters. The Balaban J connectivity index is 1.43. The Morgan fingerprint density at radius 1 is 1.11 bits per heavy atom. The number of amides is 1. The molecule has 1 saturated heterocycles. The monoisotopic (exact) mass is 400 g/mol. The number of carbonyl (C=O) groups is 1. The number of hydrogen-bond donors (Lipinski definition) is 1. The maximum absolute atomic E-state index is 12.3. The van der Waals surface area contributed by atoms with Crippen molar-refractivity contribution in [1.29, 1.82) is 0 Å². The van der Waals surface area contributed by atoms with Gasteiger partial charge in [0.25, 0.3) is 5.91 Å². The van der Waals surface area contributed by atoms with E-state index in [-0.39, 0.29) is 11.9 Å². The number of hydrogen-bond acceptors (Lipinski definition) is 4. The second kappa shape index (κ2) is 7.71. The summed E-state index contributed by atoms with van der Waals surface area (Å²) in [6.07, 6.45) is 4.95. The molecule has 0 aliphatic carbocycles. The van der Waals surface area contributed by atoms with Gasteiger partial charge in [-0.3, -0.25) is 9.78 Å². The molecule has 3 aromatic rings. The van der Waals surface area contributed by atoms with Crippen LogP contribution in [-0.2, 0) is 0 Å². The van der Waals surface area contributed by atoms with E-state index in [9.17, 15) is 4.79 Å². The quantitative estimate of drug-likeness (QED) is 0.710. The van der Waals surface area contributed by atoms with Crippen molar-refractivity contribution in [3.05, 3.63) is 64.4 Å². The number of benzene rings is 1. The molecule has 1 amide bonds. The summed E-state index contributed by atoms with van der Waals surface area (Å²) in [6, 6.07) is 11.4. The van der Waals surface area contributed by atoms with Crippen LogP contribution in [0, 0.1) is 0 Å². The van der Waals surface area contributed by atoms with Gasteiger partial charge in [0, 0.05) is 36.9 Å². The molecule has 5 nitrogen and oxygen atoms in total. The van der Waals surface area contributed by atoms with E-state index in [0.717, 1.165) is 37.1 Å². The van der Waals surface area contributed by atoms with Gasteiger partial charge in [0.05, 0.1) is 21.1 Å². The Morgan fingerprint density at radius 2 is 1.89 bits per heavy atom. The lowest BCUT2D eigenvalue weighted by Gasteiger charge is -2.33. The fraction of sp³-hybridized carbons (Fsp3) is 0.250. The molecule has 0 bridgehead atoms. The Morgan fingerprint density at radius 3 is 2.63 bits per heavy atom. The van der Waals surface area contributed by atoms with E-state index in [4.69, 9.17) is 28.2 Å². The smallest absolute Gasteiger partial charge is 0.253 e. The molecule has 138 valence electrons. The normalized spacial score (nSPS) is 15.1. The molecule has 1 aromatic carbocycles. The highest BCUT2D eigenvalue weighted by Crippen LogP contribution is 2.31. The zero-order valence-electron chi connectivity index (χ0n) is 14.5. The van der Waals surface area contributed by atoms with E-state index in [0.29, 0.717) is 21.1 Å². The molecule has 1 N–H and O–H groups in total. The highest BCUT2D eigenvalue weighted by atomic mass is 35.5. The van der Waals surface area contributed by atoms with Gasteiger partial charge >= 0.3 is 0 Å². The lowest BCUT2D eigenvalue weighted by Crippen LogP contribution is -2.45. The second-order valence-corrected chi connectivity index (χ2v) is 7.36. The number of nitrogens with one attached hydrogen (secondary N) is 1. The summed E-state index contributed by atoms with van der Waals surface area (Å²) in [5.41, 5.74) is 1.30. The maximum atomic E-state index is 12.3. The van der Waals surface area contributed by atoms with Gasteiger partial charge in [-0.15, -0.1) is 0 Å². The predicted molar refractivity (Wildman–Crippen MR) is 109 cm³/mol. The summed E-state index contributed by atoms with van der Waals surface area (Å²) in [7, 11) is 0. The number of anilines is 1. The Labute approximate surface area is 167 Å². The minimum Gasteiger partial charge on any atom is -0.356 e. The second-order valence-electron chi connectivity index (χ2n) is 6.58. The fourth-order valence-corrected chi connectivity index (χ4v) is 3.68. The molecular formula is C20H18Cl2N4O. The van der Waals surface area contributed by atoms with Crippen molar-refractivity contribution in [3.63, 3.8) is 0 Å². The van der Waals surface area contributed by atoms with Crippen molar-refractivity contribution in [2.45, 2.75) is 18.9 Å². The summed E-state index contributed by atoms with van der Waals surface area (Å²) in [5, 5.41) is 5.04. The third-order valence-corrected chi connectivity index (χ3v) is 5.61. The number of halogens is 2. The highest BCUT2D eigenvalue weighted by Gasteiger charge is 2.22. The third kappa shape index (κ3) is 3.84. The van der Waals surface area contributed by atoms with Crippen molar-refractivity contribution >= 4 is 45.8 Å². The maximum Gasteiger partial charge on any atom is 0.253 e. The SMILES string of the molecule is O=C(NC1CCN(c2ccc3ccc(Cl)c(Cl)c3n2)CC1)c1cccnc1. The molecule has 2 aromatic heterocycles. The summed E-state index contributed by atoms with van der Waals surface area (Å²) >= 11 is 12.4. The Bertz CT molecular complexity index is 972. The van der Waals surface area contributed by atoms with E-state index < -0.39 is 0 Å². The van der Waals surface area contributed by atoms with Gasteiger partial charge in [-0.1, -0.05) is 29.3 Å². The number of pyridine rings is 2. The average molecular weight is 401 g/mol. The fourth-order valence-electron chi connectivity index (χ4n) is 3.31. The summed E-state index contributed by atoms with van der Waals surface area (Å²) in [5.74, 6) is 0.801. The molecule has 0 radical (unpaired) electrons. The van der Waals surface area contributed by atoms with Crippen molar-refractivity contribution < 1.29 is 4.79 Å². The van der Waals surface area contributed by atoms with Crippen molar-refractivity contribution in [3.8, 4) is 0 Å². The van der Waals surface area contributed by atoms with Crippen LogP contribution in [0.3, 0.4) is 0 Å². The van der Waals surface area contributed by atoms with E-state index >= 15 is 0 Å². The molecule has 1 aliphatic heterocycles. The van der Waals surface area contributed by atoms with E-state index in [1.807, 2.05) is 18.2 Å². The third-order valence-electron chi connectivity index (χ3n) is 4.82. The molecule has 3 heterocycles. The van der Waals surface area contributed by atoms with Crippen molar-refractivity contribution in [2.24, 2.45) is 0 Å². The molecule has 1 fully saturated rings. The van der Waals surface area contributed by atoms with E-state index in [2.05, 4.69) is 15.2 Å². The van der Waals surface area contributed by atoms with Gasteiger partial charge in [-0.25, -0.2) is 4.98 Å². The van der Waals surface area contributed by atoms with Crippen LogP contribution in [0.2, 0.25) is 10.0 Å². The van der Waals surface area contributed by atoms with Crippen LogP contribution in [-0.4, -0.2) is 35.0 Å². The summed E-state index contributed by atoms with van der Waals surface area (Å²) in [6.45, 7) is 1.63. The van der Waals surface area contributed by atoms with Gasteiger partial charge in [0.15, 0.2) is 0 Å². The predicted octanol–water partition coefficient (Wildman–Crippen LogP) is 4.34. The zero-order chi connectivity index (χ0) is 18.8. The first kappa shape index (κ1) is 18.0. The Kier molecular flexibility index (Phi) is 5.14. The number of rotatable bonds is 3. The first-order valence-electron chi connectivity index (χ1n) is 8.82. The van der Waals surface area contributed by atoms with Crippen LogP contribution < -0.4 is 10.2 Å². The van der Waals surface area contributed by atoms with Crippen LogP contribution in [0.4, 0.5) is 5.82 Å². The summed E-state index contributed by atoms with van der Waals surface area (Å²) < 4.78 is 0. The molecule has 0 atom stereocenters. The lowest BCUT2D eigenvalue weighted by molar-refractivity contribution is 0.0930. The van der Waals surface area contributed by atoms with Crippen LogP contribution in [0.15, 0.2) is 48.8 Å². The van der Waals surface area contributed by atoms with Gasteiger partial charge in [0.2, 0.25) is 0 Å². The average Bonchev–Trinajstić information content (AvgIpc) is 2.72. The topological polar surface area (TPSA) is 58.1 Å². The highest BCUT2D eigenvalue weighted by molar-refractivity contribution is 6.45. The first-order chi connectivity index (χ1) is 13.1. The molecular weight excluding hydrogens is 383 g/mol. The van der Waals surface area contributed by atoms with E-state index in [1.165, 1.54) is 0 Å². The standard InChI is InChI=1S/C20H18Cl2N4O/c21-16-5-3-13-4-6-17(25-19(13)18(16)22)26-10-7-15(8-11-26)24-20(27)14-2-1-9-23-12-14/h1-6,9,12,15H,7-8,10-11H2,(H,24,27). The number of nitrogens with zero attached hydrogens (tertiary/aromatic N) is 3. The minimum absolute atomic E-state index is 0.0770. The zero-order valence-corrected chi connectivity index (χ0v) is 16.0. The van der Waals surface area contributed by atoms with Gasteiger partial charge in [-0.05, 0) is 43.2 Å². The molecule has 7 heteroatoms. The molecule has 0 spiro atoms. The molecule has 0 saturated carbocycles. The minimum atomic E-state index is -0.0770.